The molecule has 0 saturated heterocycles. The highest BCUT2D eigenvalue weighted by Gasteiger charge is 2.21. The standard InChI is InChI=1S/C57H46N6O4/c64-56(65)54-50-20-10-12-22-52(50)62(58-54)48-32-28-47(29-33-48)61(38-43-18-8-3-9-19-43)39-44-24-26-45(27-25-44)40-67-57(66)55-51-21-11-13-23-53(51)63(59-55)49-34-30-46(31-35-49)60(36-41-14-4-1-5-15-41)37-42-16-6-2-7-17-42/h1-35H,36-40H2,(H,64,65). The van der Waals surface area contributed by atoms with E-state index < -0.39 is 11.9 Å². The molecule has 328 valence electrons. The first kappa shape index (κ1) is 42.2. The van der Waals surface area contributed by atoms with Crippen LogP contribution in [0.15, 0.2) is 212 Å². The summed E-state index contributed by atoms with van der Waals surface area (Å²) in [5, 5.41) is 20.4. The smallest absolute Gasteiger partial charge is 0.359 e. The Morgan fingerprint density at radius 1 is 0.418 bits per heavy atom. The summed E-state index contributed by atoms with van der Waals surface area (Å²) in [5.74, 6) is -1.56. The highest BCUT2D eigenvalue weighted by molar-refractivity contribution is 6.03. The van der Waals surface area contributed by atoms with E-state index in [0.29, 0.717) is 18.5 Å². The lowest BCUT2D eigenvalue weighted by atomic mass is 10.1. The third kappa shape index (κ3) is 9.41. The maximum Gasteiger partial charge on any atom is 0.359 e. The summed E-state index contributed by atoms with van der Waals surface area (Å²) < 4.78 is 9.41. The molecule has 0 amide bonds. The average Bonchev–Trinajstić information content (AvgIpc) is 3.97. The zero-order valence-corrected chi connectivity index (χ0v) is 36.6. The van der Waals surface area contributed by atoms with Crippen LogP contribution in [0.5, 0.6) is 0 Å². The molecule has 10 heteroatoms. The molecular weight excluding hydrogens is 833 g/mol. The summed E-state index contributed by atoms with van der Waals surface area (Å²) in [6.07, 6.45) is 0. The van der Waals surface area contributed by atoms with Crippen molar-refractivity contribution in [3.05, 3.63) is 252 Å². The summed E-state index contributed by atoms with van der Waals surface area (Å²) in [5.41, 5.74) is 11.1. The third-order valence-corrected chi connectivity index (χ3v) is 11.9. The maximum atomic E-state index is 13.8. The molecule has 10 rings (SSSR count). The number of ether oxygens (including phenoxy) is 1. The normalized spacial score (nSPS) is 11.2. The second kappa shape index (κ2) is 19.1. The van der Waals surface area contributed by atoms with Crippen LogP contribution in [0.3, 0.4) is 0 Å². The molecule has 0 aliphatic carbocycles. The van der Waals surface area contributed by atoms with Crippen molar-refractivity contribution >= 4 is 45.1 Å². The molecular formula is C57H46N6O4. The van der Waals surface area contributed by atoms with Crippen molar-refractivity contribution in [2.45, 2.75) is 32.8 Å². The number of para-hydroxylation sites is 2. The molecule has 2 heterocycles. The number of anilines is 2. The topological polar surface area (TPSA) is 106 Å². The fourth-order valence-corrected chi connectivity index (χ4v) is 8.51. The van der Waals surface area contributed by atoms with Crippen molar-refractivity contribution in [3.63, 3.8) is 0 Å². The van der Waals surface area contributed by atoms with Gasteiger partial charge in [0.1, 0.15) is 6.61 Å². The first-order valence-corrected chi connectivity index (χ1v) is 22.2. The number of benzene rings is 8. The van der Waals surface area contributed by atoms with Gasteiger partial charge >= 0.3 is 11.9 Å². The molecule has 0 atom stereocenters. The van der Waals surface area contributed by atoms with Crippen LogP contribution in [0.4, 0.5) is 11.4 Å². The second-order valence-electron chi connectivity index (χ2n) is 16.5. The van der Waals surface area contributed by atoms with E-state index in [1.54, 1.807) is 10.7 Å². The van der Waals surface area contributed by atoms with Gasteiger partial charge in [-0.25, -0.2) is 19.0 Å². The number of aromatic carboxylic acids is 1. The van der Waals surface area contributed by atoms with Crippen LogP contribution >= 0.6 is 0 Å². The molecule has 0 unspecified atom stereocenters. The maximum absolute atomic E-state index is 13.8. The van der Waals surface area contributed by atoms with Gasteiger partial charge < -0.3 is 19.6 Å². The summed E-state index contributed by atoms with van der Waals surface area (Å²) in [6, 6.07) is 70.8. The van der Waals surface area contributed by atoms with Crippen molar-refractivity contribution in [2.24, 2.45) is 0 Å². The Hall–Kier alpha value is -8.76. The van der Waals surface area contributed by atoms with Gasteiger partial charge in [-0.2, -0.15) is 10.2 Å². The van der Waals surface area contributed by atoms with Crippen LogP contribution in [0.1, 0.15) is 48.8 Å². The number of esters is 1. The minimum Gasteiger partial charge on any atom is -0.476 e. The highest BCUT2D eigenvalue weighted by atomic mass is 16.5. The van der Waals surface area contributed by atoms with Gasteiger partial charge in [-0.1, -0.05) is 152 Å². The molecule has 0 bridgehead atoms. The summed E-state index contributed by atoms with van der Waals surface area (Å²) in [7, 11) is 0. The van der Waals surface area contributed by atoms with E-state index in [2.05, 4.69) is 99.8 Å². The highest BCUT2D eigenvalue weighted by Crippen LogP contribution is 2.29. The lowest BCUT2D eigenvalue weighted by molar-refractivity contribution is 0.0467. The Bertz CT molecular complexity index is 3240. The van der Waals surface area contributed by atoms with Gasteiger partial charge in [-0.3, -0.25) is 0 Å². The van der Waals surface area contributed by atoms with Gasteiger partial charge in [0.25, 0.3) is 0 Å². The molecule has 10 aromatic rings. The summed E-state index contributed by atoms with van der Waals surface area (Å²) >= 11 is 0. The van der Waals surface area contributed by atoms with E-state index >= 15 is 0 Å². The minimum atomic E-state index is -1.06. The largest absolute Gasteiger partial charge is 0.476 e. The number of hydrogen-bond acceptors (Lipinski definition) is 7. The molecule has 0 saturated carbocycles. The Morgan fingerprint density at radius 2 is 0.776 bits per heavy atom. The van der Waals surface area contributed by atoms with Crippen molar-refractivity contribution in [1.29, 1.82) is 0 Å². The molecule has 10 nitrogen and oxygen atoms in total. The quantitative estimate of drug-likeness (QED) is 0.0957. The number of carboxylic acid groups (broad SMARTS) is 1. The molecule has 8 aromatic carbocycles. The number of rotatable bonds is 16. The summed E-state index contributed by atoms with van der Waals surface area (Å²) in [4.78, 5) is 30.4. The molecule has 2 aromatic heterocycles. The number of carboxylic acids is 1. The van der Waals surface area contributed by atoms with Crippen LogP contribution in [-0.4, -0.2) is 36.6 Å². The molecule has 67 heavy (non-hydrogen) atoms. The van der Waals surface area contributed by atoms with E-state index in [0.717, 1.165) is 68.9 Å². The molecule has 0 fully saturated rings. The number of fused-ring (bicyclic) bond motifs is 2. The van der Waals surface area contributed by atoms with E-state index in [1.807, 2.05) is 126 Å². The molecule has 0 aliphatic heterocycles. The van der Waals surface area contributed by atoms with Crippen LogP contribution in [0.25, 0.3) is 33.2 Å². The fourth-order valence-electron chi connectivity index (χ4n) is 8.51. The molecule has 0 aliphatic rings. The van der Waals surface area contributed by atoms with Gasteiger partial charge in [0, 0.05) is 48.3 Å². The van der Waals surface area contributed by atoms with E-state index in [9.17, 15) is 14.7 Å². The van der Waals surface area contributed by atoms with Crippen LogP contribution in [0, 0.1) is 0 Å². The molecule has 0 spiro atoms. The molecule has 1 N–H and O–H groups in total. The third-order valence-electron chi connectivity index (χ3n) is 11.9. The number of nitrogens with zero attached hydrogens (tertiary/aromatic N) is 6. The Kier molecular flexibility index (Phi) is 12.1. The zero-order valence-electron chi connectivity index (χ0n) is 36.6. The Labute approximate surface area is 388 Å². The van der Waals surface area contributed by atoms with Crippen molar-refractivity contribution < 1.29 is 19.4 Å². The molecule has 0 radical (unpaired) electrons. The van der Waals surface area contributed by atoms with Gasteiger partial charge in [0.15, 0.2) is 11.4 Å². The van der Waals surface area contributed by atoms with Crippen LogP contribution in [-0.2, 0) is 37.5 Å². The first-order valence-electron chi connectivity index (χ1n) is 22.2. The second-order valence-corrected chi connectivity index (χ2v) is 16.5. The van der Waals surface area contributed by atoms with Gasteiger partial charge in [0.05, 0.1) is 22.4 Å². The average molecular weight is 879 g/mol. The van der Waals surface area contributed by atoms with Crippen molar-refractivity contribution in [2.75, 3.05) is 9.80 Å². The van der Waals surface area contributed by atoms with E-state index in [-0.39, 0.29) is 18.0 Å². The SMILES string of the molecule is O=C(O)c1nn(-c2ccc(N(Cc3ccccc3)Cc3ccc(COC(=O)c4nn(-c5ccc(N(Cc6ccccc6)Cc6ccccc6)cc5)c5ccccc45)cc3)cc2)c2ccccc12. The van der Waals surface area contributed by atoms with Gasteiger partial charge in [-0.05, 0) is 88.5 Å². The Morgan fingerprint density at radius 3 is 1.21 bits per heavy atom. The Balaban J connectivity index is 0.835. The predicted molar refractivity (Wildman–Crippen MR) is 264 cm³/mol. The first-order chi connectivity index (χ1) is 32.9. The lowest BCUT2D eigenvalue weighted by Crippen LogP contribution is -2.22. The number of aromatic nitrogens is 4. The van der Waals surface area contributed by atoms with Gasteiger partial charge in [-0.15, -0.1) is 0 Å². The predicted octanol–water partition coefficient (Wildman–Crippen LogP) is 11.8. The minimum absolute atomic E-state index is 0.0203. The van der Waals surface area contributed by atoms with E-state index in [1.165, 1.54) is 11.1 Å². The monoisotopic (exact) mass is 878 g/mol. The van der Waals surface area contributed by atoms with Crippen LogP contribution in [0.2, 0.25) is 0 Å². The van der Waals surface area contributed by atoms with Gasteiger partial charge in [0.2, 0.25) is 0 Å². The number of hydrogen-bond donors (Lipinski definition) is 1. The number of carbonyl (C=O) groups is 2. The van der Waals surface area contributed by atoms with Crippen molar-refractivity contribution in [3.8, 4) is 11.4 Å². The van der Waals surface area contributed by atoms with Crippen molar-refractivity contribution in [1.82, 2.24) is 19.6 Å². The fraction of sp³-hybridized carbons (Fsp3) is 0.0877. The number of carbonyl (C=O) groups excluding carboxylic acids is 1. The van der Waals surface area contributed by atoms with Crippen LogP contribution < -0.4 is 9.80 Å². The lowest BCUT2D eigenvalue weighted by Gasteiger charge is -2.26. The summed E-state index contributed by atoms with van der Waals surface area (Å²) in [6.45, 7) is 2.89. The zero-order chi connectivity index (χ0) is 45.5. The van der Waals surface area contributed by atoms with E-state index in [4.69, 9.17) is 9.84 Å².